The third-order valence-electron chi connectivity index (χ3n) is 4.71. The van der Waals surface area contributed by atoms with E-state index in [1.54, 1.807) is 29.4 Å². The molecule has 0 saturated carbocycles. The zero-order chi connectivity index (χ0) is 19.0. The van der Waals surface area contributed by atoms with Crippen LogP contribution in [-0.2, 0) is 0 Å². The van der Waals surface area contributed by atoms with Crippen molar-refractivity contribution in [2.45, 2.75) is 12.8 Å². The second-order valence-corrected chi connectivity index (χ2v) is 6.64. The van der Waals surface area contributed by atoms with Gasteiger partial charge >= 0.3 is 0 Å². The number of hydrogen-bond acceptors (Lipinski definition) is 5. The normalized spacial score (nSPS) is 19.4. The van der Waals surface area contributed by atoms with Gasteiger partial charge in [-0.05, 0) is 30.2 Å². The highest BCUT2D eigenvalue weighted by atomic mass is 19.1. The highest BCUT2D eigenvalue weighted by Crippen LogP contribution is 2.33. The lowest BCUT2D eigenvalue weighted by Gasteiger charge is -2.16. The van der Waals surface area contributed by atoms with Gasteiger partial charge in [-0.2, -0.15) is 4.98 Å². The first kappa shape index (κ1) is 17.3. The van der Waals surface area contributed by atoms with Gasteiger partial charge in [0, 0.05) is 42.7 Å². The molecule has 1 aliphatic heterocycles. The lowest BCUT2D eigenvalue weighted by atomic mass is 9.98. The smallest absolute Gasteiger partial charge is 0.254 e. The standard InChI is InChI=1S/C19H16F2N4O2/c1-11-9-25(19(26)13-6-14(20)8-15(21)7-13)10-16(11)18-23-17(24-27-18)12-2-4-22-5-3-12/h2-8,11,16H,9-10H2,1H3/t11-,16-/m0/s1. The van der Waals surface area contributed by atoms with Crippen molar-refractivity contribution in [2.75, 3.05) is 13.1 Å². The topological polar surface area (TPSA) is 72.1 Å². The molecule has 4 rings (SSSR count). The zero-order valence-electron chi connectivity index (χ0n) is 14.5. The maximum atomic E-state index is 13.4. The van der Waals surface area contributed by atoms with Gasteiger partial charge in [0.25, 0.3) is 5.91 Å². The molecule has 1 amide bonds. The molecule has 138 valence electrons. The average molecular weight is 370 g/mol. The van der Waals surface area contributed by atoms with Gasteiger partial charge in [0.05, 0.1) is 5.92 Å². The van der Waals surface area contributed by atoms with Crippen LogP contribution in [0.25, 0.3) is 11.4 Å². The molecule has 8 heteroatoms. The molecule has 0 spiro atoms. The predicted octanol–water partition coefficient (Wildman–Crippen LogP) is 3.29. The Bertz CT molecular complexity index is 957. The minimum absolute atomic E-state index is 0.0108. The van der Waals surface area contributed by atoms with Gasteiger partial charge in [-0.15, -0.1) is 0 Å². The maximum Gasteiger partial charge on any atom is 0.254 e. The zero-order valence-corrected chi connectivity index (χ0v) is 14.5. The third kappa shape index (κ3) is 3.42. The number of nitrogens with zero attached hydrogens (tertiary/aromatic N) is 4. The molecule has 3 heterocycles. The molecule has 6 nitrogen and oxygen atoms in total. The number of halogens is 2. The van der Waals surface area contributed by atoms with Gasteiger partial charge in [-0.25, -0.2) is 8.78 Å². The monoisotopic (exact) mass is 370 g/mol. The van der Waals surface area contributed by atoms with E-state index in [-0.39, 0.29) is 17.4 Å². The second-order valence-electron chi connectivity index (χ2n) is 6.64. The molecule has 0 radical (unpaired) electrons. The Morgan fingerprint density at radius 1 is 1.15 bits per heavy atom. The molecule has 1 saturated heterocycles. The molecule has 27 heavy (non-hydrogen) atoms. The van der Waals surface area contributed by atoms with Gasteiger partial charge in [0.15, 0.2) is 0 Å². The number of amides is 1. The Hall–Kier alpha value is -3.16. The number of pyridine rings is 1. The van der Waals surface area contributed by atoms with Crippen LogP contribution in [0.1, 0.15) is 29.1 Å². The minimum Gasteiger partial charge on any atom is -0.339 e. The lowest BCUT2D eigenvalue weighted by Crippen LogP contribution is -2.29. The average Bonchev–Trinajstić information content (AvgIpc) is 3.27. The van der Waals surface area contributed by atoms with Crippen molar-refractivity contribution in [3.8, 4) is 11.4 Å². The minimum atomic E-state index is -0.777. The first-order valence-corrected chi connectivity index (χ1v) is 8.50. The van der Waals surface area contributed by atoms with Crippen LogP contribution < -0.4 is 0 Å². The largest absolute Gasteiger partial charge is 0.339 e. The van der Waals surface area contributed by atoms with E-state index in [1.807, 2.05) is 6.92 Å². The van der Waals surface area contributed by atoms with Gasteiger partial charge in [0.1, 0.15) is 11.6 Å². The van der Waals surface area contributed by atoms with Crippen molar-refractivity contribution in [2.24, 2.45) is 5.92 Å². The molecule has 1 aliphatic rings. The maximum absolute atomic E-state index is 13.4. The van der Waals surface area contributed by atoms with E-state index < -0.39 is 17.5 Å². The first-order chi connectivity index (χ1) is 13.0. The summed E-state index contributed by atoms with van der Waals surface area (Å²) in [6, 6.07) is 6.38. The molecule has 1 aromatic carbocycles. The summed E-state index contributed by atoms with van der Waals surface area (Å²) in [4.78, 5) is 22.6. The predicted molar refractivity (Wildman–Crippen MR) is 91.7 cm³/mol. The highest BCUT2D eigenvalue weighted by Gasteiger charge is 2.37. The summed E-state index contributed by atoms with van der Waals surface area (Å²) in [6.07, 6.45) is 3.28. The quantitative estimate of drug-likeness (QED) is 0.707. The Balaban J connectivity index is 1.53. The number of hydrogen-bond donors (Lipinski definition) is 0. The molecule has 0 bridgehead atoms. The summed E-state index contributed by atoms with van der Waals surface area (Å²) in [7, 11) is 0. The fourth-order valence-corrected chi connectivity index (χ4v) is 3.32. The van der Waals surface area contributed by atoms with Crippen LogP contribution in [0.5, 0.6) is 0 Å². The van der Waals surface area contributed by atoms with Crippen molar-refractivity contribution in [3.63, 3.8) is 0 Å². The van der Waals surface area contributed by atoms with Crippen molar-refractivity contribution < 1.29 is 18.1 Å². The molecular weight excluding hydrogens is 354 g/mol. The third-order valence-corrected chi connectivity index (χ3v) is 4.71. The molecule has 3 aromatic rings. The van der Waals surface area contributed by atoms with E-state index in [0.717, 1.165) is 23.8 Å². The van der Waals surface area contributed by atoms with Gasteiger partial charge in [-0.1, -0.05) is 12.1 Å². The van der Waals surface area contributed by atoms with Crippen LogP contribution >= 0.6 is 0 Å². The van der Waals surface area contributed by atoms with Gasteiger partial charge < -0.3 is 9.42 Å². The van der Waals surface area contributed by atoms with E-state index in [1.165, 1.54) is 0 Å². The number of aromatic nitrogens is 3. The highest BCUT2D eigenvalue weighted by molar-refractivity contribution is 5.94. The molecule has 1 fully saturated rings. The van der Waals surface area contributed by atoms with Crippen molar-refractivity contribution in [3.05, 3.63) is 65.8 Å². The summed E-state index contributed by atoms with van der Waals surface area (Å²) >= 11 is 0. The molecule has 0 N–H and O–H groups in total. The SMILES string of the molecule is C[C@H]1CN(C(=O)c2cc(F)cc(F)c2)C[C@@H]1c1nc(-c2ccncc2)no1. The van der Waals surface area contributed by atoms with Gasteiger partial charge in [-0.3, -0.25) is 9.78 Å². The van der Waals surface area contributed by atoms with E-state index in [9.17, 15) is 13.6 Å². The Kier molecular flexibility index (Phi) is 4.39. The van der Waals surface area contributed by atoms with Crippen molar-refractivity contribution in [1.82, 2.24) is 20.0 Å². The summed E-state index contributed by atoms with van der Waals surface area (Å²) in [5.41, 5.74) is 0.775. The molecule has 2 aromatic heterocycles. The Morgan fingerprint density at radius 3 is 2.56 bits per heavy atom. The fourth-order valence-electron chi connectivity index (χ4n) is 3.32. The Labute approximate surface area is 153 Å². The molecule has 2 atom stereocenters. The van der Waals surface area contributed by atoms with E-state index in [0.29, 0.717) is 24.8 Å². The fraction of sp³-hybridized carbons (Fsp3) is 0.263. The van der Waals surface area contributed by atoms with Crippen molar-refractivity contribution in [1.29, 1.82) is 0 Å². The van der Waals surface area contributed by atoms with Crippen LogP contribution in [0.2, 0.25) is 0 Å². The van der Waals surface area contributed by atoms with Crippen LogP contribution in [0.3, 0.4) is 0 Å². The molecular formula is C19H16F2N4O2. The molecule has 0 unspecified atom stereocenters. The van der Waals surface area contributed by atoms with Crippen LogP contribution in [0, 0.1) is 17.6 Å². The summed E-state index contributed by atoms with van der Waals surface area (Å²) in [5, 5.41) is 4.00. The van der Waals surface area contributed by atoms with Crippen LogP contribution in [0.4, 0.5) is 8.78 Å². The van der Waals surface area contributed by atoms with Crippen molar-refractivity contribution >= 4 is 5.91 Å². The Morgan fingerprint density at radius 2 is 1.85 bits per heavy atom. The number of likely N-dealkylation sites (tertiary alicyclic amines) is 1. The number of rotatable bonds is 3. The summed E-state index contributed by atoms with van der Waals surface area (Å²) in [5.74, 6) is -1.15. The summed E-state index contributed by atoms with van der Waals surface area (Å²) in [6.45, 7) is 2.76. The number of carbonyl (C=O) groups is 1. The number of benzene rings is 1. The van der Waals surface area contributed by atoms with Crippen LogP contribution in [0.15, 0.2) is 47.2 Å². The van der Waals surface area contributed by atoms with E-state index in [2.05, 4.69) is 15.1 Å². The van der Waals surface area contributed by atoms with Crippen LogP contribution in [-0.4, -0.2) is 39.0 Å². The number of carbonyl (C=O) groups excluding carboxylic acids is 1. The van der Waals surface area contributed by atoms with E-state index in [4.69, 9.17) is 4.52 Å². The first-order valence-electron chi connectivity index (χ1n) is 8.50. The summed E-state index contributed by atoms with van der Waals surface area (Å²) < 4.78 is 32.2. The second kappa shape index (κ2) is 6.86. The van der Waals surface area contributed by atoms with E-state index >= 15 is 0 Å². The lowest BCUT2D eigenvalue weighted by molar-refractivity contribution is 0.0785. The molecule has 0 aliphatic carbocycles. The van der Waals surface area contributed by atoms with Gasteiger partial charge in [0.2, 0.25) is 11.7 Å².